The maximum Gasteiger partial charge on any atom is 0.260 e. The van der Waals surface area contributed by atoms with Gasteiger partial charge in [0.2, 0.25) is 0 Å². The summed E-state index contributed by atoms with van der Waals surface area (Å²) >= 11 is 0. The van der Waals surface area contributed by atoms with Crippen LogP contribution in [-0.4, -0.2) is 49.2 Å². The molecule has 0 aromatic heterocycles. The fourth-order valence-corrected chi connectivity index (χ4v) is 4.65. The number of hydrogen-bond acceptors (Lipinski definition) is 5. The first kappa shape index (κ1) is 19.2. The third kappa shape index (κ3) is 3.57. The summed E-state index contributed by atoms with van der Waals surface area (Å²) in [5, 5.41) is 6.46. The number of carbonyl (C=O) groups excluding carboxylic acids is 1. The summed E-state index contributed by atoms with van der Waals surface area (Å²) in [6.07, 6.45) is 0.575. The highest BCUT2D eigenvalue weighted by molar-refractivity contribution is 6.36. The van der Waals surface area contributed by atoms with Crippen molar-refractivity contribution in [1.29, 1.82) is 0 Å². The maximum atomic E-state index is 12.6. The van der Waals surface area contributed by atoms with E-state index in [-0.39, 0.29) is 18.1 Å². The SMILES string of the molecule is C[C@@H]1CN(CCNc2ccc3c(c2)COC3=C2C(=O)Nc3ccccc32)C[C@H](C)O1. The van der Waals surface area contributed by atoms with Gasteiger partial charge in [-0.2, -0.15) is 0 Å². The molecule has 0 saturated carbocycles. The van der Waals surface area contributed by atoms with E-state index >= 15 is 0 Å². The Morgan fingerprint density at radius 3 is 2.73 bits per heavy atom. The molecule has 3 heterocycles. The molecule has 1 amide bonds. The molecular formula is C24H27N3O3. The zero-order chi connectivity index (χ0) is 20.7. The van der Waals surface area contributed by atoms with Crippen LogP contribution in [0.2, 0.25) is 0 Å². The Bertz CT molecular complexity index is 1010. The van der Waals surface area contributed by atoms with Crippen LogP contribution in [-0.2, 0) is 20.9 Å². The summed E-state index contributed by atoms with van der Waals surface area (Å²) < 4.78 is 11.8. The molecule has 5 rings (SSSR count). The van der Waals surface area contributed by atoms with Crippen LogP contribution < -0.4 is 10.6 Å². The molecule has 2 N–H and O–H groups in total. The van der Waals surface area contributed by atoms with Crippen LogP contribution in [0.3, 0.4) is 0 Å². The zero-order valence-electron chi connectivity index (χ0n) is 17.4. The first-order valence-electron chi connectivity index (χ1n) is 10.6. The Balaban J connectivity index is 1.30. The predicted octanol–water partition coefficient (Wildman–Crippen LogP) is 3.56. The van der Waals surface area contributed by atoms with E-state index in [0.717, 1.165) is 54.2 Å². The molecule has 2 aromatic carbocycles. The van der Waals surface area contributed by atoms with Gasteiger partial charge in [0, 0.05) is 54.2 Å². The predicted molar refractivity (Wildman–Crippen MR) is 118 cm³/mol. The van der Waals surface area contributed by atoms with Crippen molar-refractivity contribution >= 4 is 28.6 Å². The number of carbonyl (C=O) groups is 1. The van der Waals surface area contributed by atoms with Gasteiger partial charge in [-0.05, 0) is 38.1 Å². The van der Waals surface area contributed by atoms with E-state index in [1.165, 1.54) is 0 Å². The van der Waals surface area contributed by atoms with E-state index < -0.39 is 0 Å². The number of nitrogens with zero attached hydrogens (tertiary/aromatic N) is 1. The lowest BCUT2D eigenvalue weighted by Gasteiger charge is -2.35. The van der Waals surface area contributed by atoms with Gasteiger partial charge in [0.25, 0.3) is 5.91 Å². The number of nitrogens with one attached hydrogen (secondary N) is 2. The van der Waals surface area contributed by atoms with E-state index in [4.69, 9.17) is 9.47 Å². The lowest BCUT2D eigenvalue weighted by molar-refractivity contribution is -0.110. The van der Waals surface area contributed by atoms with Gasteiger partial charge in [0.1, 0.15) is 12.4 Å². The average molecular weight is 405 g/mol. The molecular weight excluding hydrogens is 378 g/mol. The van der Waals surface area contributed by atoms with Crippen molar-refractivity contribution in [3.05, 3.63) is 59.2 Å². The average Bonchev–Trinajstić information content (AvgIpc) is 3.26. The van der Waals surface area contributed by atoms with Crippen molar-refractivity contribution in [2.45, 2.75) is 32.7 Å². The number of rotatable bonds is 4. The normalized spacial score (nSPS) is 25.5. The van der Waals surface area contributed by atoms with Crippen molar-refractivity contribution in [2.75, 3.05) is 36.8 Å². The summed E-state index contributed by atoms with van der Waals surface area (Å²) in [4.78, 5) is 15.0. The van der Waals surface area contributed by atoms with Crippen LogP contribution >= 0.6 is 0 Å². The van der Waals surface area contributed by atoms with Gasteiger partial charge in [-0.25, -0.2) is 0 Å². The second kappa shape index (κ2) is 7.78. The third-order valence-electron chi connectivity index (χ3n) is 5.87. The Hall–Kier alpha value is -2.83. The van der Waals surface area contributed by atoms with Crippen molar-refractivity contribution in [3.63, 3.8) is 0 Å². The first-order valence-corrected chi connectivity index (χ1v) is 10.6. The zero-order valence-corrected chi connectivity index (χ0v) is 17.4. The lowest BCUT2D eigenvalue weighted by Crippen LogP contribution is -2.46. The molecule has 2 aromatic rings. The van der Waals surface area contributed by atoms with E-state index in [2.05, 4.69) is 47.6 Å². The Labute approximate surface area is 176 Å². The molecule has 0 aliphatic carbocycles. The van der Waals surface area contributed by atoms with Crippen LogP contribution in [0, 0.1) is 0 Å². The number of amides is 1. The molecule has 30 heavy (non-hydrogen) atoms. The highest BCUT2D eigenvalue weighted by Gasteiger charge is 2.32. The number of anilines is 2. The van der Waals surface area contributed by atoms with Gasteiger partial charge in [-0.1, -0.05) is 18.2 Å². The van der Waals surface area contributed by atoms with Crippen molar-refractivity contribution < 1.29 is 14.3 Å². The van der Waals surface area contributed by atoms with Gasteiger partial charge >= 0.3 is 0 Å². The first-order chi connectivity index (χ1) is 14.6. The molecule has 0 radical (unpaired) electrons. The smallest absolute Gasteiger partial charge is 0.260 e. The quantitative estimate of drug-likeness (QED) is 0.762. The summed E-state index contributed by atoms with van der Waals surface area (Å²) in [6.45, 7) is 8.56. The maximum absolute atomic E-state index is 12.6. The van der Waals surface area contributed by atoms with Crippen molar-refractivity contribution in [3.8, 4) is 0 Å². The fourth-order valence-electron chi connectivity index (χ4n) is 4.65. The minimum absolute atomic E-state index is 0.102. The van der Waals surface area contributed by atoms with Gasteiger partial charge in [-0.15, -0.1) is 0 Å². The van der Waals surface area contributed by atoms with Gasteiger partial charge < -0.3 is 20.1 Å². The Kier molecular flexibility index (Phi) is 4.97. The van der Waals surface area contributed by atoms with Crippen LogP contribution in [0.5, 0.6) is 0 Å². The van der Waals surface area contributed by atoms with Crippen LogP contribution in [0.1, 0.15) is 30.5 Å². The highest BCUT2D eigenvalue weighted by Crippen LogP contribution is 2.41. The van der Waals surface area contributed by atoms with Crippen LogP contribution in [0.4, 0.5) is 11.4 Å². The number of fused-ring (bicyclic) bond motifs is 2. The molecule has 0 spiro atoms. The number of para-hydroxylation sites is 1. The minimum Gasteiger partial charge on any atom is -0.487 e. The topological polar surface area (TPSA) is 62.8 Å². The number of hydrogen-bond donors (Lipinski definition) is 2. The van der Waals surface area contributed by atoms with E-state index in [1.54, 1.807) is 0 Å². The molecule has 1 fully saturated rings. The number of morpholine rings is 1. The van der Waals surface area contributed by atoms with E-state index in [0.29, 0.717) is 17.9 Å². The number of ether oxygens (including phenoxy) is 2. The summed E-state index contributed by atoms with van der Waals surface area (Å²) in [5.41, 5.74) is 5.55. The summed E-state index contributed by atoms with van der Waals surface area (Å²) in [7, 11) is 0. The molecule has 6 nitrogen and oxygen atoms in total. The lowest BCUT2D eigenvalue weighted by atomic mass is 10.0. The molecule has 156 valence electrons. The van der Waals surface area contributed by atoms with Crippen LogP contribution in [0.25, 0.3) is 11.3 Å². The van der Waals surface area contributed by atoms with Gasteiger partial charge in [0.15, 0.2) is 0 Å². The second-order valence-corrected chi connectivity index (χ2v) is 8.31. The van der Waals surface area contributed by atoms with Crippen molar-refractivity contribution in [2.24, 2.45) is 0 Å². The molecule has 3 aliphatic heterocycles. The molecule has 6 heteroatoms. The fraction of sp³-hybridized carbons (Fsp3) is 0.375. The largest absolute Gasteiger partial charge is 0.487 e. The molecule has 0 bridgehead atoms. The van der Waals surface area contributed by atoms with E-state index in [1.807, 2.05) is 24.3 Å². The summed E-state index contributed by atoms with van der Waals surface area (Å²) in [5.74, 6) is 0.575. The Morgan fingerprint density at radius 1 is 1.10 bits per heavy atom. The molecule has 1 saturated heterocycles. The molecule has 0 unspecified atom stereocenters. The Morgan fingerprint density at radius 2 is 1.90 bits per heavy atom. The van der Waals surface area contributed by atoms with Crippen molar-refractivity contribution in [1.82, 2.24) is 4.90 Å². The summed E-state index contributed by atoms with van der Waals surface area (Å²) in [6, 6.07) is 14.0. The second-order valence-electron chi connectivity index (χ2n) is 8.31. The standard InChI is InChI=1S/C24H27N3O3/c1-15-12-27(13-16(2)30-15)10-9-25-18-7-8-19-17(11-18)14-29-23(19)22-20-5-3-4-6-21(20)26-24(22)28/h3-8,11,15-16,25H,9-10,12-14H2,1-2H3,(H,26,28)/t15-,16+. The van der Waals surface area contributed by atoms with E-state index in [9.17, 15) is 4.79 Å². The third-order valence-corrected chi connectivity index (χ3v) is 5.87. The monoisotopic (exact) mass is 405 g/mol. The minimum atomic E-state index is -0.102. The van der Waals surface area contributed by atoms with Crippen LogP contribution in [0.15, 0.2) is 42.5 Å². The van der Waals surface area contributed by atoms with Gasteiger partial charge in [-0.3, -0.25) is 9.69 Å². The molecule has 2 atom stereocenters. The number of benzene rings is 2. The van der Waals surface area contributed by atoms with Gasteiger partial charge in [0.05, 0.1) is 17.8 Å². The highest BCUT2D eigenvalue weighted by atomic mass is 16.5. The molecule has 3 aliphatic rings.